The van der Waals surface area contributed by atoms with Crippen LogP contribution in [-0.2, 0) is 27.4 Å². The molecule has 13 heteroatoms. The number of aryl methyl sites for hydroxylation is 1. The zero-order valence-corrected chi connectivity index (χ0v) is 35.9. The van der Waals surface area contributed by atoms with Crippen LogP contribution < -0.4 is 9.47 Å². The summed E-state index contributed by atoms with van der Waals surface area (Å²) in [5, 5.41) is 1.43. The van der Waals surface area contributed by atoms with Crippen LogP contribution in [-0.4, -0.2) is 83.4 Å². The monoisotopic (exact) mass is 829 g/mol. The maximum absolute atomic E-state index is 14.8. The van der Waals surface area contributed by atoms with Gasteiger partial charge in [-0.1, -0.05) is 59.1 Å². The largest absolute Gasteiger partial charge is 0.490 e. The number of carbonyl (C=O) groups is 3. The first kappa shape index (κ1) is 43.3. The lowest BCUT2D eigenvalue weighted by Gasteiger charge is -2.40. The van der Waals surface area contributed by atoms with Crippen molar-refractivity contribution in [2.45, 2.75) is 104 Å². The zero-order valence-electron chi connectivity index (χ0n) is 33.6. The van der Waals surface area contributed by atoms with E-state index in [-0.39, 0.29) is 37.6 Å². The summed E-state index contributed by atoms with van der Waals surface area (Å²) >= 11 is 19.4. The molecule has 2 aliphatic rings. The number of piperidine rings is 1. The Morgan fingerprint density at radius 1 is 0.786 bits per heavy atom. The molecule has 56 heavy (non-hydrogen) atoms. The zero-order chi connectivity index (χ0) is 40.9. The molecule has 1 saturated carbocycles. The maximum Gasteiger partial charge on any atom is 0.410 e. The third-order valence-electron chi connectivity index (χ3n) is 9.48. The highest BCUT2D eigenvalue weighted by Crippen LogP contribution is 2.39. The SMILES string of the molecule is Cc1cc(Cl)c(OCCOc2ccc(C3CCN(C(=O)OC(C)(C)C)CC3C(=O)N(Cc3cc(CN(C)C(=O)OC(C)(C)C)ccc3Cl)C3CC3)cc2)c(Cl)c1. The summed E-state index contributed by atoms with van der Waals surface area (Å²) in [6.07, 6.45) is 1.48. The molecule has 0 bridgehead atoms. The average molecular weight is 831 g/mol. The topological polar surface area (TPSA) is 97.8 Å². The van der Waals surface area contributed by atoms with E-state index in [0.29, 0.717) is 52.6 Å². The Bertz CT molecular complexity index is 1850. The first-order valence-electron chi connectivity index (χ1n) is 19.1. The molecule has 2 fully saturated rings. The van der Waals surface area contributed by atoms with Crippen molar-refractivity contribution in [2.24, 2.45) is 5.92 Å². The van der Waals surface area contributed by atoms with Crippen molar-refractivity contribution in [1.29, 1.82) is 0 Å². The lowest BCUT2D eigenvalue weighted by Crippen LogP contribution is -2.51. The average Bonchev–Trinajstić information content (AvgIpc) is 3.95. The predicted molar refractivity (Wildman–Crippen MR) is 220 cm³/mol. The van der Waals surface area contributed by atoms with Gasteiger partial charge in [-0.15, -0.1) is 0 Å². The van der Waals surface area contributed by atoms with E-state index in [1.54, 1.807) is 30.1 Å². The van der Waals surface area contributed by atoms with Gasteiger partial charge in [0.25, 0.3) is 0 Å². The van der Waals surface area contributed by atoms with Gasteiger partial charge in [-0.25, -0.2) is 9.59 Å². The number of hydrogen-bond acceptors (Lipinski definition) is 7. The number of amides is 3. The summed E-state index contributed by atoms with van der Waals surface area (Å²) in [5.74, 6) is 0.353. The fourth-order valence-electron chi connectivity index (χ4n) is 6.73. The molecule has 10 nitrogen and oxygen atoms in total. The van der Waals surface area contributed by atoms with E-state index in [2.05, 4.69) is 0 Å². The third-order valence-corrected chi connectivity index (χ3v) is 10.4. The van der Waals surface area contributed by atoms with Gasteiger partial charge in [0.2, 0.25) is 5.91 Å². The van der Waals surface area contributed by atoms with Crippen molar-refractivity contribution < 1.29 is 33.3 Å². The Kier molecular flexibility index (Phi) is 14.0. The third kappa shape index (κ3) is 12.1. The van der Waals surface area contributed by atoms with Gasteiger partial charge in [-0.3, -0.25) is 4.79 Å². The molecule has 0 aromatic heterocycles. The minimum absolute atomic E-state index is 0.0380. The van der Waals surface area contributed by atoms with Gasteiger partial charge in [-0.05, 0) is 126 Å². The molecular formula is C43H54Cl3N3O7. The molecule has 5 rings (SSSR count). The lowest BCUT2D eigenvalue weighted by atomic mass is 9.79. The second-order valence-corrected chi connectivity index (χ2v) is 17.9. The Balaban J connectivity index is 1.32. The van der Waals surface area contributed by atoms with Crippen LogP contribution in [0.15, 0.2) is 54.6 Å². The molecule has 1 aliphatic heterocycles. The molecule has 1 aliphatic carbocycles. The molecular weight excluding hydrogens is 777 g/mol. The number of benzene rings is 3. The standard InChI is InChI=1S/C43H54Cl3N3O7/c1-27-21-36(45)38(37(46)22-27)54-20-19-53-32-14-10-29(11-15-32)33-17-18-48(41(52)56-43(5,6)7)26-34(33)39(50)49(31-12-13-31)25-30-23-28(9-16-35(30)44)24-47(8)40(51)55-42(2,3)4/h9-11,14-16,21-23,31,33-34H,12-13,17-20,24-26H2,1-8H3. The fraction of sp³-hybridized carbons (Fsp3) is 0.512. The van der Waals surface area contributed by atoms with Crippen LogP contribution in [0.4, 0.5) is 9.59 Å². The Morgan fingerprint density at radius 2 is 1.41 bits per heavy atom. The molecule has 304 valence electrons. The normalized spacial score (nSPS) is 17.2. The molecule has 0 N–H and O–H groups in total. The lowest BCUT2D eigenvalue weighted by molar-refractivity contribution is -0.139. The van der Waals surface area contributed by atoms with E-state index in [4.69, 9.17) is 53.8 Å². The molecule has 3 aromatic rings. The van der Waals surface area contributed by atoms with Crippen LogP contribution in [0.2, 0.25) is 15.1 Å². The number of halogens is 3. The first-order valence-corrected chi connectivity index (χ1v) is 20.2. The van der Waals surface area contributed by atoms with E-state index in [9.17, 15) is 14.4 Å². The van der Waals surface area contributed by atoms with Gasteiger partial charge < -0.3 is 33.6 Å². The van der Waals surface area contributed by atoms with Gasteiger partial charge in [0.05, 0.1) is 16.0 Å². The van der Waals surface area contributed by atoms with Crippen LogP contribution >= 0.6 is 34.8 Å². The van der Waals surface area contributed by atoms with Crippen molar-refractivity contribution >= 4 is 52.9 Å². The van der Waals surface area contributed by atoms with Crippen molar-refractivity contribution in [2.75, 3.05) is 33.4 Å². The van der Waals surface area contributed by atoms with Crippen molar-refractivity contribution in [3.63, 3.8) is 0 Å². The quantitative estimate of drug-likeness (QED) is 0.168. The number of nitrogens with zero attached hydrogens (tertiary/aromatic N) is 3. The fourth-order valence-corrected chi connectivity index (χ4v) is 7.61. The van der Waals surface area contributed by atoms with Gasteiger partial charge in [-0.2, -0.15) is 0 Å². The van der Waals surface area contributed by atoms with Gasteiger partial charge >= 0.3 is 12.2 Å². The van der Waals surface area contributed by atoms with Gasteiger partial charge in [0.1, 0.15) is 30.2 Å². The van der Waals surface area contributed by atoms with Crippen LogP contribution in [0.5, 0.6) is 11.5 Å². The first-order chi connectivity index (χ1) is 26.3. The molecule has 2 atom stereocenters. The number of likely N-dealkylation sites (tertiary alicyclic amines) is 1. The van der Waals surface area contributed by atoms with Gasteiger partial charge in [0, 0.05) is 44.3 Å². The summed E-state index contributed by atoms with van der Waals surface area (Å²) < 4.78 is 23.0. The number of carbonyl (C=O) groups excluding carboxylic acids is 3. The Labute approximate surface area is 346 Å². The minimum Gasteiger partial charge on any atom is -0.490 e. The summed E-state index contributed by atoms with van der Waals surface area (Å²) in [7, 11) is 1.69. The maximum atomic E-state index is 14.8. The minimum atomic E-state index is -0.674. The summed E-state index contributed by atoms with van der Waals surface area (Å²) in [6, 6.07) is 17.0. The van der Waals surface area contributed by atoms with E-state index < -0.39 is 29.3 Å². The Hall–Kier alpha value is -3.86. The smallest absolute Gasteiger partial charge is 0.410 e. The van der Waals surface area contributed by atoms with Crippen LogP contribution in [0.25, 0.3) is 0 Å². The van der Waals surface area contributed by atoms with Gasteiger partial charge in [0.15, 0.2) is 5.75 Å². The molecule has 2 unspecified atom stereocenters. The number of ether oxygens (including phenoxy) is 4. The second-order valence-electron chi connectivity index (χ2n) is 16.7. The van der Waals surface area contributed by atoms with E-state index >= 15 is 0 Å². The molecule has 3 amide bonds. The van der Waals surface area contributed by atoms with Crippen LogP contribution in [0.3, 0.4) is 0 Å². The van der Waals surface area contributed by atoms with Crippen LogP contribution in [0, 0.1) is 12.8 Å². The predicted octanol–water partition coefficient (Wildman–Crippen LogP) is 10.3. The summed E-state index contributed by atoms with van der Waals surface area (Å²) in [4.78, 5) is 45.9. The van der Waals surface area contributed by atoms with E-state index in [1.807, 2.05) is 89.8 Å². The van der Waals surface area contributed by atoms with Crippen molar-refractivity contribution in [3.8, 4) is 11.5 Å². The van der Waals surface area contributed by atoms with Crippen LogP contribution in [0.1, 0.15) is 89.0 Å². The van der Waals surface area contributed by atoms with E-state index in [0.717, 1.165) is 35.1 Å². The number of hydrogen-bond donors (Lipinski definition) is 0. The molecule has 0 radical (unpaired) electrons. The second kappa shape index (κ2) is 18.2. The molecule has 3 aromatic carbocycles. The van der Waals surface area contributed by atoms with E-state index in [1.165, 1.54) is 4.90 Å². The molecule has 1 saturated heterocycles. The van der Waals surface area contributed by atoms with Crippen molar-refractivity contribution in [3.05, 3.63) is 91.9 Å². The summed E-state index contributed by atoms with van der Waals surface area (Å²) in [5.41, 5.74) is 2.29. The number of rotatable bonds is 12. The molecule has 1 heterocycles. The summed E-state index contributed by atoms with van der Waals surface area (Å²) in [6.45, 7) is 14.7. The Morgan fingerprint density at radius 3 is 2.02 bits per heavy atom. The highest BCUT2D eigenvalue weighted by molar-refractivity contribution is 6.37. The highest BCUT2D eigenvalue weighted by atomic mass is 35.5. The van der Waals surface area contributed by atoms with Crippen molar-refractivity contribution in [1.82, 2.24) is 14.7 Å². The highest BCUT2D eigenvalue weighted by Gasteiger charge is 2.43. The molecule has 0 spiro atoms.